The molecule has 138 valence electrons. The van der Waals surface area contributed by atoms with E-state index >= 15 is 0 Å². The number of aliphatic hydroxyl groups excluding tert-OH is 1. The number of nitrogens with one attached hydrogen (secondary N) is 2. The number of nitrogens with zero attached hydrogens (tertiary/aromatic N) is 1. The van der Waals surface area contributed by atoms with Crippen molar-refractivity contribution in [2.75, 3.05) is 26.2 Å². The maximum atomic E-state index is 11.2. The summed E-state index contributed by atoms with van der Waals surface area (Å²) in [6, 6.07) is 3.56. The highest BCUT2D eigenvalue weighted by molar-refractivity contribution is 14.0. The van der Waals surface area contributed by atoms with Gasteiger partial charge in [0.15, 0.2) is 5.96 Å². The van der Waals surface area contributed by atoms with E-state index in [-0.39, 0.29) is 36.5 Å². The molecule has 0 radical (unpaired) electrons. The van der Waals surface area contributed by atoms with E-state index in [0.717, 1.165) is 4.88 Å². The average molecular weight is 490 g/mol. The quantitative estimate of drug-likeness (QED) is 0.163. The zero-order chi connectivity index (χ0) is 17.1. The van der Waals surface area contributed by atoms with Gasteiger partial charge < -0.3 is 20.5 Å². The molecule has 0 aliphatic heterocycles. The predicted octanol–water partition coefficient (Wildman–Crippen LogP) is 2.95. The van der Waals surface area contributed by atoms with Crippen LogP contribution in [0.2, 0.25) is 4.34 Å². The summed E-state index contributed by atoms with van der Waals surface area (Å²) in [5.41, 5.74) is 0. The second-order valence-corrected chi connectivity index (χ2v) is 6.46. The minimum Gasteiger partial charge on any atom is -0.466 e. The molecule has 0 saturated carbocycles. The molecular formula is C15H25ClIN3O3S. The molecule has 24 heavy (non-hydrogen) atoms. The van der Waals surface area contributed by atoms with Crippen LogP contribution in [0, 0.1) is 0 Å². The molecule has 1 rings (SSSR count). The lowest BCUT2D eigenvalue weighted by molar-refractivity contribution is -0.143. The van der Waals surface area contributed by atoms with Gasteiger partial charge in [-0.2, -0.15) is 0 Å². The third-order valence-electron chi connectivity index (χ3n) is 2.84. The number of guanidine groups is 1. The topological polar surface area (TPSA) is 83.0 Å². The molecule has 0 bridgehead atoms. The van der Waals surface area contributed by atoms with Crippen LogP contribution in [0.5, 0.6) is 0 Å². The number of hydrogen-bond acceptors (Lipinski definition) is 5. The SMILES string of the molecule is CCNC(=NCC(O)c1ccc(Cl)s1)NCCCC(=O)OCC.I. The summed E-state index contributed by atoms with van der Waals surface area (Å²) in [5, 5.41) is 16.3. The van der Waals surface area contributed by atoms with Gasteiger partial charge in [-0.05, 0) is 32.4 Å². The number of carbonyl (C=O) groups is 1. The fourth-order valence-corrected chi connectivity index (χ4v) is 2.83. The number of rotatable bonds is 9. The van der Waals surface area contributed by atoms with Crippen molar-refractivity contribution in [3.8, 4) is 0 Å². The Bertz CT molecular complexity index is 514. The Balaban J connectivity index is 0.00000529. The number of aliphatic hydroxyl groups is 1. The van der Waals surface area contributed by atoms with Crippen molar-refractivity contribution in [1.29, 1.82) is 0 Å². The van der Waals surface area contributed by atoms with E-state index in [2.05, 4.69) is 15.6 Å². The number of carbonyl (C=O) groups excluding carboxylic acids is 1. The summed E-state index contributed by atoms with van der Waals surface area (Å²) in [5.74, 6) is 0.416. The monoisotopic (exact) mass is 489 g/mol. The van der Waals surface area contributed by atoms with Gasteiger partial charge in [0.2, 0.25) is 0 Å². The van der Waals surface area contributed by atoms with Crippen LogP contribution < -0.4 is 10.6 Å². The highest BCUT2D eigenvalue weighted by Crippen LogP contribution is 2.26. The third-order valence-corrected chi connectivity index (χ3v) is 4.18. The van der Waals surface area contributed by atoms with Crippen LogP contribution >= 0.6 is 46.9 Å². The van der Waals surface area contributed by atoms with E-state index in [1.807, 2.05) is 6.92 Å². The van der Waals surface area contributed by atoms with Gasteiger partial charge in [0.1, 0.15) is 6.10 Å². The van der Waals surface area contributed by atoms with Crippen LogP contribution in [0.25, 0.3) is 0 Å². The highest BCUT2D eigenvalue weighted by Gasteiger charge is 2.10. The van der Waals surface area contributed by atoms with Crippen LogP contribution in [-0.2, 0) is 9.53 Å². The van der Waals surface area contributed by atoms with Crippen molar-refractivity contribution in [3.05, 3.63) is 21.3 Å². The molecule has 0 saturated heterocycles. The van der Waals surface area contributed by atoms with E-state index in [9.17, 15) is 9.90 Å². The average Bonchev–Trinajstić information content (AvgIpc) is 2.95. The first-order valence-corrected chi connectivity index (χ1v) is 8.87. The number of esters is 1. The molecule has 1 heterocycles. The van der Waals surface area contributed by atoms with Gasteiger partial charge in [-0.25, -0.2) is 0 Å². The summed E-state index contributed by atoms with van der Waals surface area (Å²) in [7, 11) is 0. The van der Waals surface area contributed by atoms with Crippen LogP contribution in [0.4, 0.5) is 0 Å². The van der Waals surface area contributed by atoms with Crippen molar-refractivity contribution >= 4 is 58.8 Å². The smallest absolute Gasteiger partial charge is 0.305 e. The van der Waals surface area contributed by atoms with Gasteiger partial charge in [0.25, 0.3) is 0 Å². The molecule has 1 aromatic rings. The van der Waals surface area contributed by atoms with Gasteiger partial charge in [0, 0.05) is 24.4 Å². The first-order chi connectivity index (χ1) is 11.1. The summed E-state index contributed by atoms with van der Waals surface area (Å²) >= 11 is 7.20. The zero-order valence-electron chi connectivity index (χ0n) is 13.9. The Morgan fingerprint density at radius 3 is 2.75 bits per heavy atom. The van der Waals surface area contributed by atoms with Gasteiger partial charge >= 0.3 is 5.97 Å². The van der Waals surface area contributed by atoms with Crippen LogP contribution in [-0.4, -0.2) is 43.3 Å². The molecule has 3 N–H and O–H groups in total. The Morgan fingerprint density at radius 1 is 1.42 bits per heavy atom. The van der Waals surface area contributed by atoms with Crippen LogP contribution in [0.15, 0.2) is 17.1 Å². The Hall–Kier alpha value is -0.580. The van der Waals surface area contributed by atoms with Gasteiger partial charge in [0.05, 0.1) is 17.5 Å². The van der Waals surface area contributed by atoms with E-state index in [0.29, 0.717) is 42.8 Å². The molecule has 6 nitrogen and oxygen atoms in total. The first kappa shape index (κ1) is 23.4. The number of thiophene rings is 1. The van der Waals surface area contributed by atoms with Crippen molar-refractivity contribution in [1.82, 2.24) is 10.6 Å². The minimum atomic E-state index is -0.678. The molecular weight excluding hydrogens is 465 g/mol. The second kappa shape index (κ2) is 13.7. The Labute approximate surface area is 169 Å². The van der Waals surface area contributed by atoms with Crippen molar-refractivity contribution in [2.45, 2.75) is 32.8 Å². The van der Waals surface area contributed by atoms with Crippen molar-refractivity contribution < 1.29 is 14.6 Å². The van der Waals surface area contributed by atoms with Crippen LogP contribution in [0.1, 0.15) is 37.7 Å². The lowest BCUT2D eigenvalue weighted by atomic mass is 10.3. The van der Waals surface area contributed by atoms with E-state index < -0.39 is 6.10 Å². The third kappa shape index (κ3) is 9.65. The molecule has 1 atom stereocenters. The number of aliphatic imine (C=N–C) groups is 1. The van der Waals surface area contributed by atoms with Gasteiger partial charge in [-0.1, -0.05) is 11.6 Å². The molecule has 0 aliphatic rings. The molecule has 0 spiro atoms. The summed E-state index contributed by atoms with van der Waals surface area (Å²) in [6.45, 7) is 5.71. The number of halogens is 2. The molecule has 9 heteroatoms. The normalized spacial score (nSPS) is 12.2. The van der Waals surface area contributed by atoms with Crippen molar-refractivity contribution in [3.63, 3.8) is 0 Å². The van der Waals surface area contributed by atoms with Gasteiger partial charge in [-0.3, -0.25) is 9.79 Å². The highest BCUT2D eigenvalue weighted by atomic mass is 127. The summed E-state index contributed by atoms with van der Waals surface area (Å²) < 4.78 is 5.52. The molecule has 0 aliphatic carbocycles. The lowest BCUT2D eigenvalue weighted by Crippen LogP contribution is -2.38. The minimum absolute atomic E-state index is 0. The first-order valence-electron chi connectivity index (χ1n) is 7.67. The van der Waals surface area contributed by atoms with Crippen molar-refractivity contribution in [2.24, 2.45) is 4.99 Å². The molecule has 0 amide bonds. The Kier molecular flexibility index (Phi) is 13.4. The lowest BCUT2D eigenvalue weighted by Gasteiger charge is -2.12. The molecule has 0 fully saturated rings. The van der Waals surface area contributed by atoms with E-state index in [4.69, 9.17) is 16.3 Å². The molecule has 0 aromatic carbocycles. The predicted molar refractivity (Wildman–Crippen MR) is 110 cm³/mol. The van der Waals surface area contributed by atoms with Gasteiger partial charge in [-0.15, -0.1) is 35.3 Å². The summed E-state index contributed by atoms with van der Waals surface area (Å²) in [4.78, 5) is 16.4. The zero-order valence-corrected chi connectivity index (χ0v) is 17.8. The number of ether oxygens (including phenoxy) is 1. The second-order valence-electron chi connectivity index (χ2n) is 4.71. The maximum absolute atomic E-state index is 11.2. The Morgan fingerprint density at radius 2 is 2.17 bits per heavy atom. The van der Waals surface area contributed by atoms with Crippen LogP contribution in [0.3, 0.4) is 0 Å². The summed E-state index contributed by atoms with van der Waals surface area (Å²) in [6.07, 6.45) is 0.352. The molecule has 1 aromatic heterocycles. The van der Waals surface area contributed by atoms with E-state index in [1.54, 1.807) is 19.1 Å². The largest absolute Gasteiger partial charge is 0.466 e. The molecule has 1 unspecified atom stereocenters. The fraction of sp³-hybridized carbons (Fsp3) is 0.600. The van der Waals surface area contributed by atoms with E-state index in [1.165, 1.54) is 11.3 Å². The number of hydrogen-bond donors (Lipinski definition) is 3. The maximum Gasteiger partial charge on any atom is 0.305 e. The standard InChI is InChI=1S/C15H24ClN3O3S.HI/c1-3-17-15(18-9-5-6-14(21)22-4-2)19-10-11(20)12-7-8-13(16)23-12;/h7-8,11,20H,3-6,9-10H2,1-2H3,(H2,17,18,19);1H. The fourth-order valence-electron chi connectivity index (χ4n) is 1.79.